The van der Waals surface area contributed by atoms with Gasteiger partial charge < -0.3 is 16.0 Å². The highest BCUT2D eigenvalue weighted by atomic mass is 15.0. The lowest BCUT2D eigenvalue weighted by Crippen LogP contribution is -1.99. The minimum Gasteiger partial charge on any atom is -0.333 e. The second-order valence-corrected chi connectivity index (χ2v) is 1.84. The van der Waals surface area contributed by atoms with Gasteiger partial charge in [-0.1, -0.05) is 27.7 Å². The molecule has 0 heterocycles. The first-order chi connectivity index (χ1) is 6.15. The van der Waals surface area contributed by atoms with Crippen LogP contribution < -0.4 is 11.1 Å². The molecule has 0 radical (unpaired) electrons. The summed E-state index contributed by atoms with van der Waals surface area (Å²) in [4.78, 5) is 2.00. The summed E-state index contributed by atoms with van der Waals surface area (Å²) in [6, 6.07) is 0. The maximum Gasteiger partial charge on any atom is -0.0140 e. The fourth-order valence-corrected chi connectivity index (χ4v) is 0. The van der Waals surface area contributed by atoms with E-state index in [0.717, 1.165) is 0 Å². The molecule has 88 valence electrons. The molecule has 0 spiro atoms. The van der Waals surface area contributed by atoms with E-state index in [1.807, 2.05) is 67.8 Å². The van der Waals surface area contributed by atoms with Crippen molar-refractivity contribution in [3.05, 3.63) is 0 Å². The van der Waals surface area contributed by atoms with Crippen molar-refractivity contribution >= 4 is 0 Å². The highest BCUT2D eigenvalue weighted by molar-refractivity contribution is 4.09. The van der Waals surface area contributed by atoms with E-state index in [0.29, 0.717) is 0 Å². The van der Waals surface area contributed by atoms with E-state index in [9.17, 15) is 0 Å². The molecule has 0 aromatic heterocycles. The van der Waals surface area contributed by atoms with E-state index in [4.69, 9.17) is 0 Å². The van der Waals surface area contributed by atoms with Crippen LogP contribution in [0.2, 0.25) is 0 Å². The Morgan fingerprint density at radius 2 is 0.769 bits per heavy atom. The van der Waals surface area contributed by atoms with Crippen molar-refractivity contribution in [1.82, 2.24) is 10.2 Å². The van der Waals surface area contributed by atoms with Crippen molar-refractivity contribution < 1.29 is 0 Å². The third kappa shape index (κ3) is 80500. The first kappa shape index (κ1) is 29.3. The molecule has 0 aromatic rings. The van der Waals surface area contributed by atoms with E-state index in [1.54, 1.807) is 0 Å². The summed E-state index contributed by atoms with van der Waals surface area (Å²) in [5.74, 6) is 0. The number of nitrogens with one attached hydrogen (secondary N) is 1. The molecule has 0 amide bonds. The second-order valence-electron chi connectivity index (χ2n) is 1.84. The molecule has 0 aliphatic rings. The minimum absolute atomic E-state index is 1.50. The van der Waals surface area contributed by atoms with Crippen LogP contribution in [0.15, 0.2) is 0 Å². The van der Waals surface area contributed by atoms with Crippen molar-refractivity contribution in [2.24, 2.45) is 5.73 Å². The van der Waals surface area contributed by atoms with Gasteiger partial charge in [0.15, 0.2) is 0 Å². The normalized spacial score (nSPS) is 5.54. The molecule has 0 aliphatic heterocycles. The van der Waals surface area contributed by atoms with Gasteiger partial charge in [0.1, 0.15) is 0 Å². The zero-order valence-electron chi connectivity index (χ0n) is 11.5. The first-order valence-electron chi connectivity index (χ1n) is 4.92. The Hall–Kier alpha value is -0.120. The van der Waals surface area contributed by atoms with Gasteiger partial charge in [0, 0.05) is 0 Å². The van der Waals surface area contributed by atoms with Gasteiger partial charge >= 0.3 is 0 Å². The third-order valence-corrected chi connectivity index (χ3v) is 0. The lowest BCUT2D eigenvalue weighted by atomic mass is 11.0. The summed E-state index contributed by atoms with van der Waals surface area (Å²) in [6.45, 7) is 8.00. The molecule has 3 nitrogen and oxygen atoms in total. The number of hydrogen-bond donors (Lipinski definition) is 2. The Balaban J connectivity index is -0.0000000215. The van der Waals surface area contributed by atoms with Crippen molar-refractivity contribution in [2.75, 3.05) is 42.3 Å². The fraction of sp³-hybridized carbons (Fsp3) is 1.00. The van der Waals surface area contributed by atoms with Crippen LogP contribution in [0.4, 0.5) is 0 Å². The molecule has 0 aromatic carbocycles. The molecule has 0 saturated heterocycles. The molecule has 0 unspecified atom stereocenters. The Kier molecular flexibility index (Phi) is 210. The first-order valence-corrected chi connectivity index (χ1v) is 4.92. The van der Waals surface area contributed by atoms with Gasteiger partial charge in [-0.3, -0.25) is 0 Å². The van der Waals surface area contributed by atoms with Crippen LogP contribution >= 0.6 is 0 Å². The van der Waals surface area contributed by atoms with Gasteiger partial charge in [-0.2, -0.15) is 0 Å². The molecule has 0 rings (SSSR count). The van der Waals surface area contributed by atoms with Crippen LogP contribution in [-0.4, -0.2) is 47.2 Å². The smallest absolute Gasteiger partial charge is 0.0140 e. The second kappa shape index (κ2) is 93.4. The zero-order valence-corrected chi connectivity index (χ0v) is 11.5. The summed E-state index contributed by atoms with van der Waals surface area (Å²) < 4.78 is 0. The summed E-state index contributed by atoms with van der Waals surface area (Å²) in [6.07, 6.45) is 0. The number of nitrogens with two attached hydrogens (primary N) is 1. The van der Waals surface area contributed by atoms with Gasteiger partial charge in [-0.25, -0.2) is 0 Å². The zero-order chi connectivity index (χ0) is 12.3. The lowest BCUT2D eigenvalue weighted by Gasteiger charge is -1.90. The van der Waals surface area contributed by atoms with Gasteiger partial charge in [-0.05, 0) is 42.3 Å². The largest absolute Gasteiger partial charge is 0.333 e. The Morgan fingerprint density at radius 1 is 0.769 bits per heavy atom. The average molecular weight is 195 g/mol. The average Bonchev–Trinajstić information content (AvgIpc) is 2.14. The maximum absolute atomic E-state index is 4.50. The van der Waals surface area contributed by atoms with E-state index in [2.05, 4.69) is 11.1 Å². The van der Waals surface area contributed by atoms with Crippen LogP contribution in [0.5, 0.6) is 0 Å². The van der Waals surface area contributed by atoms with Crippen molar-refractivity contribution in [3.8, 4) is 0 Å². The maximum atomic E-state index is 4.50. The van der Waals surface area contributed by atoms with E-state index in [1.165, 1.54) is 7.05 Å². The van der Waals surface area contributed by atoms with Crippen LogP contribution in [0.3, 0.4) is 0 Å². The molecule has 0 saturated carbocycles. The van der Waals surface area contributed by atoms with E-state index >= 15 is 0 Å². The summed E-state index contributed by atoms with van der Waals surface area (Å²) in [5.41, 5.74) is 4.50. The molecule has 0 fully saturated rings. The van der Waals surface area contributed by atoms with Crippen LogP contribution in [0, 0.1) is 0 Å². The van der Waals surface area contributed by atoms with Crippen LogP contribution in [0.1, 0.15) is 27.7 Å². The van der Waals surface area contributed by atoms with Gasteiger partial charge in [-0.15, -0.1) is 0 Å². The minimum atomic E-state index is 1.50. The monoisotopic (exact) mass is 195 g/mol. The molecule has 0 bridgehead atoms. The van der Waals surface area contributed by atoms with Crippen LogP contribution in [0.25, 0.3) is 0 Å². The summed E-state index contributed by atoms with van der Waals surface area (Å²) in [7, 11) is 11.2. The molecule has 3 N–H and O–H groups in total. The topological polar surface area (TPSA) is 41.3 Å². The van der Waals surface area contributed by atoms with Gasteiger partial charge in [0.05, 0.1) is 0 Å². The summed E-state index contributed by atoms with van der Waals surface area (Å²) in [5, 5.41) is 2.75. The molecule has 13 heavy (non-hydrogen) atoms. The predicted molar refractivity (Wildman–Crippen MR) is 67.4 cm³/mol. The number of rotatable bonds is 0. The molecular formula is C10H33N3. The third-order valence-electron chi connectivity index (χ3n) is 0. The summed E-state index contributed by atoms with van der Waals surface area (Å²) >= 11 is 0. The number of nitrogens with zero attached hydrogens (tertiary/aromatic N) is 1. The van der Waals surface area contributed by atoms with E-state index in [-0.39, 0.29) is 0 Å². The van der Waals surface area contributed by atoms with Crippen LogP contribution in [-0.2, 0) is 0 Å². The quantitative estimate of drug-likeness (QED) is 0.617. The fourth-order valence-electron chi connectivity index (χ4n) is 0. The highest BCUT2D eigenvalue weighted by Crippen LogP contribution is 1.47. The molecule has 0 atom stereocenters. The predicted octanol–water partition coefficient (Wildman–Crippen LogP) is 1.64. The van der Waals surface area contributed by atoms with Crippen molar-refractivity contribution in [2.45, 2.75) is 27.7 Å². The standard InChI is InChI=1S/C3H9N.C2H7N.2C2H6.CH5N/c1-4(2)3;1-3-2;3*1-2/h1-3H3;3H,1-2H3;2*1-2H3;2H2,1H3. The lowest BCUT2D eigenvalue weighted by molar-refractivity contribution is 0.505. The molecule has 0 aliphatic carbocycles. The molecular weight excluding hydrogens is 162 g/mol. The van der Waals surface area contributed by atoms with Gasteiger partial charge in [0.25, 0.3) is 0 Å². The highest BCUT2D eigenvalue weighted by Gasteiger charge is 1.58. The van der Waals surface area contributed by atoms with Crippen molar-refractivity contribution in [3.63, 3.8) is 0 Å². The Morgan fingerprint density at radius 3 is 0.769 bits per heavy atom. The molecule has 3 heteroatoms. The van der Waals surface area contributed by atoms with Gasteiger partial charge in [0.2, 0.25) is 0 Å². The Bertz CT molecular complexity index is 21.4. The van der Waals surface area contributed by atoms with Crippen molar-refractivity contribution in [1.29, 1.82) is 0 Å². The van der Waals surface area contributed by atoms with E-state index < -0.39 is 0 Å². The SMILES string of the molecule is CC.CC.CN.CN(C)C.CNC. The Labute approximate surface area is 86.7 Å². The number of hydrogen-bond acceptors (Lipinski definition) is 3.